The molecule has 2 bridgehead atoms. The fraction of sp³-hybridized carbons (Fsp3) is 0.444. The summed E-state index contributed by atoms with van der Waals surface area (Å²) in [6.45, 7) is 4.35. The van der Waals surface area contributed by atoms with Gasteiger partial charge >= 0.3 is 0 Å². The molecular formula is C27H32ClN7O2. The Labute approximate surface area is 220 Å². The molecule has 0 radical (unpaired) electrons. The number of rotatable bonds is 7. The average molecular weight is 522 g/mol. The summed E-state index contributed by atoms with van der Waals surface area (Å²) in [7, 11) is 2.16. The Bertz CT molecular complexity index is 1320. The molecule has 1 aromatic carbocycles. The van der Waals surface area contributed by atoms with E-state index in [4.69, 9.17) is 21.7 Å². The van der Waals surface area contributed by atoms with Gasteiger partial charge in [-0.3, -0.25) is 4.79 Å². The van der Waals surface area contributed by atoms with Gasteiger partial charge in [0.25, 0.3) is 0 Å². The molecule has 194 valence electrons. The second kappa shape index (κ2) is 9.96. The van der Waals surface area contributed by atoms with Gasteiger partial charge in [0.05, 0.1) is 29.4 Å². The Morgan fingerprint density at radius 1 is 1.16 bits per heavy atom. The molecule has 0 unspecified atom stereocenters. The highest BCUT2D eigenvalue weighted by atomic mass is 35.5. The van der Waals surface area contributed by atoms with Crippen LogP contribution in [0.25, 0.3) is 22.6 Å². The molecule has 3 heterocycles. The van der Waals surface area contributed by atoms with Gasteiger partial charge in [-0.15, -0.1) is 0 Å². The Morgan fingerprint density at radius 3 is 2.68 bits per heavy atom. The lowest BCUT2D eigenvalue weighted by molar-refractivity contribution is -0.126. The van der Waals surface area contributed by atoms with E-state index in [-0.39, 0.29) is 42.9 Å². The summed E-state index contributed by atoms with van der Waals surface area (Å²) < 4.78 is 0. The second-order valence-corrected chi connectivity index (χ2v) is 10.7. The number of aromatic amines is 1. The van der Waals surface area contributed by atoms with Crippen LogP contribution < -0.4 is 15.5 Å². The minimum atomic E-state index is -0.231. The molecule has 4 atom stereocenters. The average Bonchev–Trinajstić information content (AvgIpc) is 3.65. The van der Waals surface area contributed by atoms with Crippen LogP contribution in [0.3, 0.4) is 0 Å². The Hall–Kier alpha value is -3.14. The molecule has 2 aliphatic carbocycles. The van der Waals surface area contributed by atoms with Crippen molar-refractivity contribution < 1.29 is 9.90 Å². The SMILES string of the molecule is CN1CCN(c2ccc(-c3nc4ncc(Cl)c(N[C@H]5[C@@H](C(=O)NCCO)[C@@H]6C=C[C@H]5C6)c4[nH]3)cc2)CC1. The molecule has 2 aromatic heterocycles. The van der Waals surface area contributed by atoms with E-state index >= 15 is 0 Å². The van der Waals surface area contributed by atoms with Crippen LogP contribution in [0, 0.1) is 17.8 Å². The van der Waals surface area contributed by atoms with Gasteiger partial charge in [0.15, 0.2) is 5.65 Å². The summed E-state index contributed by atoms with van der Waals surface area (Å²) in [5.41, 5.74) is 4.20. The van der Waals surface area contributed by atoms with Gasteiger partial charge in [-0.25, -0.2) is 9.97 Å². The van der Waals surface area contributed by atoms with Crippen molar-refractivity contribution >= 4 is 40.0 Å². The summed E-state index contributed by atoms with van der Waals surface area (Å²) in [6.07, 6.45) is 6.85. The fourth-order valence-electron chi connectivity index (χ4n) is 5.95. The van der Waals surface area contributed by atoms with Crippen molar-refractivity contribution in [1.82, 2.24) is 25.2 Å². The van der Waals surface area contributed by atoms with Crippen molar-refractivity contribution in [2.75, 3.05) is 56.6 Å². The molecule has 10 heteroatoms. The van der Waals surface area contributed by atoms with Crippen LogP contribution in [-0.4, -0.2) is 83.3 Å². The first-order valence-corrected chi connectivity index (χ1v) is 13.3. The summed E-state index contributed by atoms with van der Waals surface area (Å²) in [5.74, 6) is 0.857. The van der Waals surface area contributed by atoms with E-state index in [1.807, 2.05) is 0 Å². The van der Waals surface area contributed by atoms with E-state index in [1.54, 1.807) is 6.20 Å². The first-order valence-electron chi connectivity index (χ1n) is 12.9. The highest BCUT2D eigenvalue weighted by Gasteiger charge is 2.48. The molecule has 1 amide bonds. The lowest BCUT2D eigenvalue weighted by Gasteiger charge is -2.34. The third-order valence-corrected chi connectivity index (χ3v) is 8.25. The third-order valence-electron chi connectivity index (χ3n) is 7.97. The Morgan fingerprint density at radius 2 is 1.92 bits per heavy atom. The molecule has 1 aliphatic heterocycles. The topological polar surface area (TPSA) is 109 Å². The smallest absolute Gasteiger partial charge is 0.225 e. The zero-order chi connectivity index (χ0) is 25.5. The van der Waals surface area contributed by atoms with Gasteiger partial charge < -0.3 is 30.5 Å². The summed E-state index contributed by atoms with van der Waals surface area (Å²) in [6, 6.07) is 8.35. The number of likely N-dealkylation sites (N-methyl/N-ethyl adjacent to an activating group) is 1. The quantitative estimate of drug-likeness (QED) is 0.354. The van der Waals surface area contributed by atoms with Crippen molar-refractivity contribution in [3.63, 3.8) is 0 Å². The van der Waals surface area contributed by atoms with E-state index in [0.717, 1.165) is 49.5 Å². The number of pyridine rings is 1. The van der Waals surface area contributed by atoms with E-state index in [0.29, 0.717) is 16.4 Å². The number of carbonyl (C=O) groups excluding carboxylic acids is 1. The first kappa shape index (κ1) is 24.2. The summed E-state index contributed by atoms with van der Waals surface area (Å²) >= 11 is 6.63. The number of allylic oxidation sites excluding steroid dienone is 1. The molecular weight excluding hydrogens is 490 g/mol. The molecule has 4 N–H and O–H groups in total. The number of benzene rings is 1. The minimum absolute atomic E-state index is 0.0458. The molecule has 1 saturated heterocycles. The maximum atomic E-state index is 12.9. The van der Waals surface area contributed by atoms with Crippen LogP contribution >= 0.6 is 11.6 Å². The third kappa shape index (κ3) is 4.56. The number of fused-ring (bicyclic) bond motifs is 3. The first-order chi connectivity index (χ1) is 18.0. The van der Waals surface area contributed by atoms with Gasteiger partial charge in [0.1, 0.15) is 11.3 Å². The number of nitrogens with one attached hydrogen (secondary N) is 3. The van der Waals surface area contributed by atoms with Gasteiger partial charge in [0.2, 0.25) is 5.91 Å². The van der Waals surface area contributed by atoms with Crippen LogP contribution in [0.4, 0.5) is 11.4 Å². The van der Waals surface area contributed by atoms with Gasteiger partial charge in [0, 0.05) is 50.0 Å². The van der Waals surface area contributed by atoms with Crippen LogP contribution in [0.5, 0.6) is 0 Å². The van der Waals surface area contributed by atoms with Gasteiger partial charge in [-0.1, -0.05) is 23.8 Å². The highest BCUT2D eigenvalue weighted by molar-refractivity contribution is 6.34. The summed E-state index contributed by atoms with van der Waals surface area (Å²) in [5, 5.41) is 16.1. The van der Waals surface area contributed by atoms with Crippen LogP contribution in [0.2, 0.25) is 5.02 Å². The fourth-order valence-corrected chi connectivity index (χ4v) is 6.14. The van der Waals surface area contributed by atoms with Crippen LogP contribution in [-0.2, 0) is 4.79 Å². The normalized spacial score (nSPS) is 25.2. The van der Waals surface area contributed by atoms with Crippen molar-refractivity contribution in [2.45, 2.75) is 12.5 Å². The van der Waals surface area contributed by atoms with Crippen molar-refractivity contribution in [3.8, 4) is 11.4 Å². The van der Waals surface area contributed by atoms with Crippen LogP contribution in [0.1, 0.15) is 6.42 Å². The molecule has 9 nitrogen and oxygen atoms in total. The standard InChI is InChI=1S/C27H32ClN7O2/c1-34-9-11-35(12-10-34)19-6-4-16(5-7-19)25-32-24-23(20(28)15-30-26(24)33-25)31-22-18-3-2-17(14-18)21(22)27(37)29-8-13-36/h2-7,15,17-18,21-22,36H,8-14H2,1H3,(H,29,37)(H2,30,31,32,33)/t17-,18+,21+,22-/m1/s1. The zero-order valence-electron chi connectivity index (χ0n) is 20.8. The minimum Gasteiger partial charge on any atom is -0.395 e. The number of aromatic nitrogens is 3. The van der Waals surface area contributed by atoms with Crippen molar-refractivity contribution in [1.29, 1.82) is 0 Å². The Kier molecular flexibility index (Phi) is 6.52. The Balaban J connectivity index is 1.26. The second-order valence-electron chi connectivity index (χ2n) is 10.3. The number of aliphatic hydroxyl groups excluding tert-OH is 1. The molecule has 3 aliphatic rings. The molecule has 0 spiro atoms. The molecule has 2 fully saturated rings. The summed E-state index contributed by atoms with van der Waals surface area (Å²) in [4.78, 5) is 30.3. The molecule has 1 saturated carbocycles. The number of hydrogen-bond donors (Lipinski definition) is 4. The van der Waals surface area contributed by atoms with E-state index in [9.17, 15) is 4.79 Å². The van der Waals surface area contributed by atoms with Crippen LogP contribution in [0.15, 0.2) is 42.6 Å². The number of halogens is 1. The highest BCUT2D eigenvalue weighted by Crippen LogP contribution is 2.46. The van der Waals surface area contributed by atoms with E-state index < -0.39 is 0 Å². The van der Waals surface area contributed by atoms with Crippen molar-refractivity contribution in [2.24, 2.45) is 17.8 Å². The lowest BCUT2D eigenvalue weighted by Crippen LogP contribution is -2.44. The van der Waals surface area contributed by atoms with Gasteiger partial charge in [-0.05, 0) is 49.6 Å². The zero-order valence-corrected chi connectivity index (χ0v) is 21.6. The molecule has 37 heavy (non-hydrogen) atoms. The number of carbonyl (C=O) groups is 1. The van der Waals surface area contributed by atoms with E-state index in [2.05, 4.69) is 73.9 Å². The largest absolute Gasteiger partial charge is 0.395 e. The predicted molar refractivity (Wildman–Crippen MR) is 146 cm³/mol. The predicted octanol–water partition coefficient (Wildman–Crippen LogP) is 2.74. The monoisotopic (exact) mass is 521 g/mol. The molecule has 6 rings (SSSR count). The maximum Gasteiger partial charge on any atom is 0.225 e. The number of imidazole rings is 1. The number of amides is 1. The molecule has 3 aromatic rings. The maximum absolute atomic E-state index is 12.9. The number of H-pyrrole nitrogens is 1. The number of aliphatic hydroxyl groups is 1. The van der Waals surface area contributed by atoms with E-state index in [1.165, 1.54) is 5.69 Å². The number of nitrogens with zero attached hydrogens (tertiary/aromatic N) is 4. The number of piperazine rings is 1. The lowest BCUT2D eigenvalue weighted by atomic mass is 9.87. The van der Waals surface area contributed by atoms with Gasteiger partial charge in [-0.2, -0.15) is 0 Å². The van der Waals surface area contributed by atoms with Crippen molar-refractivity contribution in [3.05, 3.63) is 47.6 Å². The number of anilines is 2. The number of hydrogen-bond acceptors (Lipinski definition) is 7.